The summed E-state index contributed by atoms with van der Waals surface area (Å²) in [5.74, 6) is 1.71. The molecule has 0 aromatic heterocycles. The average molecular weight is 246 g/mol. The Labute approximate surface area is 107 Å². The van der Waals surface area contributed by atoms with E-state index in [-0.39, 0.29) is 6.42 Å². The third kappa shape index (κ3) is 2.35. The molecule has 0 radical (unpaired) electrons. The zero-order valence-corrected chi connectivity index (χ0v) is 10.3. The van der Waals surface area contributed by atoms with Gasteiger partial charge in [0.2, 0.25) is 0 Å². The number of fused-ring (bicyclic) bond motifs is 2. The molecule has 0 amide bonds. The van der Waals surface area contributed by atoms with Crippen molar-refractivity contribution in [1.29, 1.82) is 0 Å². The van der Waals surface area contributed by atoms with E-state index in [0.29, 0.717) is 6.10 Å². The fourth-order valence-corrected chi connectivity index (χ4v) is 3.37. The number of rotatable bonds is 4. The van der Waals surface area contributed by atoms with Gasteiger partial charge in [-0.15, -0.1) is 0 Å². The molecular weight excluding hydrogens is 228 g/mol. The Morgan fingerprint density at radius 1 is 1.22 bits per heavy atom. The molecule has 1 aromatic carbocycles. The van der Waals surface area contributed by atoms with Crippen molar-refractivity contribution in [2.45, 2.75) is 38.2 Å². The second kappa shape index (κ2) is 4.63. The molecule has 3 nitrogen and oxygen atoms in total. The van der Waals surface area contributed by atoms with E-state index in [4.69, 9.17) is 9.84 Å². The number of carboxylic acids is 1. The van der Waals surface area contributed by atoms with Crippen molar-refractivity contribution in [2.24, 2.45) is 11.8 Å². The zero-order valence-electron chi connectivity index (χ0n) is 10.3. The van der Waals surface area contributed by atoms with Crippen LogP contribution in [0.25, 0.3) is 0 Å². The predicted molar refractivity (Wildman–Crippen MR) is 67.6 cm³/mol. The lowest BCUT2D eigenvalue weighted by molar-refractivity contribution is -0.136. The van der Waals surface area contributed by atoms with Crippen molar-refractivity contribution >= 4 is 5.97 Å². The molecule has 18 heavy (non-hydrogen) atoms. The lowest BCUT2D eigenvalue weighted by Gasteiger charge is -2.23. The van der Waals surface area contributed by atoms with Crippen LogP contribution in [-0.2, 0) is 11.2 Å². The summed E-state index contributed by atoms with van der Waals surface area (Å²) in [5.41, 5.74) is 0.822. The Morgan fingerprint density at radius 2 is 2.00 bits per heavy atom. The van der Waals surface area contributed by atoms with Gasteiger partial charge in [-0.1, -0.05) is 12.1 Å². The Kier molecular flexibility index (Phi) is 2.98. The van der Waals surface area contributed by atoms with Crippen molar-refractivity contribution < 1.29 is 14.6 Å². The highest BCUT2D eigenvalue weighted by Crippen LogP contribution is 2.45. The van der Waals surface area contributed by atoms with Gasteiger partial charge in [0, 0.05) is 0 Å². The van der Waals surface area contributed by atoms with Gasteiger partial charge >= 0.3 is 5.97 Å². The van der Waals surface area contributed by atoms with Crippen LogP contribution < -0.4 is 4.74 Å². The summed E-state index contributed by atoms with van der Waals surface area (Å²) in [4.78, 5) is 10.6. The molecule has 1 N–H and O–H groups in total. The number of hydrogen-bond donors (Lipinski definition) is 1. The molecule has 96 valence electrons. The van der Waals surface area contributed by atoms with Crippen LogP contribution in [0.5, 0.6) is 5.75 Å². The highest BCUT2D eigenvalue weighted by molar-refractivity contribution is 5.70. The van der Waals surface area contributed by atoms with Gasteiger partial charge in [-0.2, -0.15) is 0 Å². The lowest BCUT2D eigenvalue weighted by atomic mass is 9.98. The first-order valence-corrected chi connectivity index (χ1v) is 6.68. The largest absolute Gasteiger partial charge is 0.490 e. The van der Waals surface area contributed by atoms with Gasteiger partial charge < -0.3 is 9.84 Å². The molecule has 2 bridgehead atoms. The number of carboxylic acid groups (broad SMARTS) is 1. The van der Waals surface area contributed by atoms with Crippen LogP contribution in [0.1, 0.15) is 31.2 Å². The fourth-order valence-electron chi connectivity index (χ4n) is 3.37. The topological polar surface area (TPSA) is 46.5 Å². The summed E-state index contributed by atoms with van der Waals surface area (Å²) in [6.45, 7) is 0. The van der Waals surface area contributed by atoms with E-state index in [0.717, 1.165) is 23.1 Å². The van der Waals surface area contributed by atoms with Crippen LogP contribution in [0.15, 0.2) is 24.3 Å². The highest BCUT2D eigenvalue weighted by Gasteiger charge is 2.40. The van der Waals surface area contributed by atoms with E-state index >= 15 is 0 Å². The first-order valence-electron chi connectivity index (χ1n) is 6.68. The van der Waals surface area contributed by atoms with Crippen molar-refractivity contribution in [1.82, 2.24) is 0 Å². The van der Waals surface area contributed by atoms with Crippen molar-refractivity contribution in [3.8, 4) is 5.75 Å². The van der Waals surface area contributed by atoms with Crippen LogP contribution in [0.2, 0.25) is 0 Å². The summed E-state index contributed by atoms with van der Waals surface area (Å²) in [7, 11) is 0. The maximum Gasteiger partial charge on any atom is 0.307 e. The fraction of sp³-hybridized carbons (Fsp3) is 0.533. The molecule has 3 heteroatoms. The van der Waals surface area contributed by atoms with Crippen molar-refractivity contribution in [3.05, 3.63) is 29.8 Å². The maximum absolute atomic E-state index is 10.6. The van der Waals surface area contributed by atoms with Gasteiger partial charge in [-0.3, -0.25) is 4.79 Å². The average Bonchev–Trinajstić information content (AvgIpc) is 2.93. The summed E-state index contributed by atoms with van der Waals surface area (Å²) >= 11 is 0. The number of hydrogen-bond acceptors (Lipinski definition) is 2. The third-order valence-corrected chi connectivity index (χ3v) is 4.24. The van der Waals surface area contributed by atoms with E-state index in [1.165, 1.54) is 25.7 Å². The molecule has 2 fully saturated rings. The Morgan fingerprint density at radius 3 is 2.56 bits per heavy atom. The summed E-state index contributed by atoms with van der Waals surface area (Å²) in [6, 6.07) is 7.47. The normalized spacial score (nSPS) is 29.4. The van der Waals surface area contributed by atoms with Crippen LogP contribution in [0.4, 0.5) is 0 Å². The molecular formula is C15H18O3. The van der Waals surface area contributed by atoms with Crippen LogP contribution >= 0.6 is 0 Å². The maximum atomic E-state index is 10.6. The molecule has 1 aromatic rings. The Hall–Kier alpha value is -1.51. The van der Waals surface area contributed by atoms with E-state index in [2.05, 4.69) is 0 Å². The molecule has 3 unspecified atom stereocenters. The number of benzene rings is 1. The van der Waals surface area contributed by atoms with E-state index in [9.17, 15) is 4.79 Å². The van der Waals surface area contributed by atoms with Crippen LogP contribution in [-0.4, -0.2) is 17.2 Å². The highest BCUT2D eigenvalue weighted by atomic mass is 16.5. The van der Waals surface area contributed by atoms with Gasteiger partial charge in [0.05, 0.1) is 6.42 Å². The van der Waals surface area contributed by atoms with E-state index in [1.54, 1.807) is 0 Å². The summed E-state index contributed by atoms with van der Waals surface area (Å²) in [5, 5.41) is 8.71. The molecule has 0 saturated heterocycles. The molecule has 3 rings (SSSR count). The van der Waals surface area contributed by atoms with Gasteiger partial charge in [0.15, 0.2) is 0 Å². The molecule has 0 spiro atoms. The second-order valence-corrected chi connectivity index (χ2v) is 5.55. The SMILES string of the molecule is O=C(O)Cc1ccc(OC2CC3CCC2C3)cc1. The van der Waals surface area contributed by atoms with Gasteiger partial charge in [-0.05, 0) is 55.2 Å². The number of carbonyl (C=O) groups is 1. The summed E-state index contributed by atoms with van der Waals surface area (Å²) in [6.07, 6.45) is 5.68. The minimum Gasteiger partial charge on any atom is -0.490 e. The van der Waals surface area contributed by atoms with Crippen molar-refractivity contribution in [3.63, 3.8) is 0 Å². The molecule has 3 atom stereocenters. The molecule has 0 heterocycles. The molecule has 0 aliphatic heterocycles. The van der Waals surface area contributed by atoms with Crippen molar-refractivity contribution in [2.75, 3.05) is 0 Å². The molecule has 2 aliphatic rings. The van der Waals surface area contributed by atoms with Gasteiger partial charge in [0.25, 0.3) is 0 Å². The predicted octanol–water partition coefficient (Wildman–Crippen LogP) is 2.88. The second-order valence-electron chi connectivity index (χ2n) is 5.55. The summed E-state index contributed by atoms with van der Waals surface area (Å²) < 4.78 is 6.02. The molecule has 2 aliphatic carbocycles. The first-order chi connectivity index (χ1) is 8.70. The monoisotopic (exact) mass is 246 g/mol. The minimum absolute atomic E-state index is 0.0778. The van der Waals surface area contributed by atoms with Crippen LogP contribution in [0.3, 0.4) is 0 Å². The third-order valence-electron chi connectivity index (χ3n) is 4.24. The van der Waals surface area contributed by atoms with E-state index < -0.39 is 5.97 Å². The van der Waals surface area contributed by atoms with Gasteiger partial charge in [0.1, 0.15) is 11.9 Å². The smallest absolute Gasteiger partial charge is 0.307 e. The zero-order chi connectivity index (χ0) is 12.5. The minimum atomic E-state index is -0.795. The number of ether oxygens (including phenoxy) is 1. The lowest BCUT2D eigenvalue weighted by Crippen LogP contribution is -2.23. The van der Waals surface area contributed by atoms with Crippen LogP contribution in [0, 0.1) is 11.8 Å². The Balaban J connectivity index is 1.61. The van der Waals surface area contributed by atoms with E-state index in [1.807, 2.05) is 24.3 Å². The number of aliphatic carboxylic acids is 1. The quantitative estimate of drug-likeness (QED) is 0.888. The Bertz CT molecular complexity index is 438. The molecule has 2 saturated carbocycles. The first kappa shape index (κ1) is 11.6. The van der Waals surface area contributed by atoms with Gasteiger partial charge in [-0.25, -0.2) is 0 Å². The standard InChI is InChI=1S/C15H18O3/c16-15(17)9-10-2-5-13(6-3-10)18-14-8-11-1-4-12(14)7-11/h2-3,5-6,11-12,14H,1,4,7-9H2,(H,16,17).